The zero-order chi connectivity index (χ0) is 12.5. The summed E-state index contributed by atoms with van der Waals surface area (Å²) in [6.07, 6.45) is -3.24. The first-order valence-electron chi connectivity index (χ1n) is 4.62. The van der Waals surface area contributed by atoms with Crippen LogP contribution in [0.2, 0.25) is 0 Å². The highest BCUT2D eigenvalue weighted by atomic mass is 32.1. The smallest absolute Gasteiger partial charge is 0.368 e. The average molecular weight is 280 g/mol. The zero-order valence-electron chi connectivity index (χ0n) is 8.58. The average Bonchev–Trinajstić information content (AvgIpc) is 2.82. The van der Waals surface area contributed by atoms with Gasteiger partial charge in [0.25, 0.3) is 0 Å². The van der Waals surface area contributed by atoms with Crippen LogP contribution in [0.5, 0.6) is 0 Å². The first kappa shape index (κ1) is 12.2. The van der Waals surface area contributed by atoms with Crippen molar-refractivity contribution in [1.82, 2.24) is 13.7 Å². The molecule has 0 bridgehead atoms. The van der Waals surface area contributed by atoms with E-state index in [0.717, 1.165) is 11.7 Å². The molecule has 0 atom stereocenters. The van der Waals surface area contributed by atoms with Crippen LogP contribution in [0.25, 0.3) is 10.6 Å². The van der Waals surface area contributed by atoms with E-state index in [1.807, 2.05) is 6.92 Å². The summed E-state index contributed by atoms with van der Waals surface area (Å²) in [4.78, 5) is 3.71. The second kappa shape index (κ2) is 4.57. The van der Waals surface area contributed by atoms with Gasteiger partial charge in [-0.2, -0.15) is 21.9 Å². The fraction of sp³-hybridized carbons (Fsp3) is 0.375. The van der Waals surface area contributed by atoms with Crippen LogP contribution < -0.4 is 5.32 Å². The van der Waals surface area contributed by atoms with Gasteiger partial charge in [-0.25, -0.2) is 4.98 Å². The van der Waals surface area contributed by atoms with E-state index in [1.54, 1.807) is 0 Å². The first-order chi connectivity index (χ1) is 8.02. The highest BCUT2D eigenvalue weighted by molar-refractivity contribution is 7.15. The van der Waals surface area contributed by atoms with E-state index in [1.165, 1.54) is 6.20 Å². The van der Waals surface area contributed by atoms with E-state index in [2.05, 4.69) is 19.0 Å². The third-order valence-electron chi connectivity index (χ3n) is 1.81. The summed E-state index contributed by atoms with van der Waals surface area (Å²) in [7, 11) is 0. The molecule has 0 unspecified atom stereocenters. The highest BCUT2D eigenvalue weighted by Crippen LogP contribution is 2.37. The lowest BCUT2D eigenvalue weighted by molar-refractivity contribution is -0.137. The van der Waals surface area contributed by atoms with Crippen molar-refractivity contribution in [2.45, 2.75) is 13.1 Å². The van der Waals surface area contributed by atoms with Gasteiger partial charge in [0.1, 0.15) is 5.69 Å². The Kier molecular flexibility index (Phi) is 3.29. The summed E-state index contributed by atoms with van der Waals surface area (Å²) in [5, 5.41) is 2.06. The number of rotatable bonds is 3. The normalized spacial score (nSPS) is 11.8. The molecule has 0 aromatic carbocycles. The molecule has 17 heavy (non-hydrogen) atoms. The van der Waals surface area contributed by atoms with Gasteiger partial charge in [-0.3, -0.25) is 0 Å². The Morgan fingerprint density at radius 3 is 2.71 bits per heavy atom. The molecule has 0 amide bonds. The molecule has 0 aliphatic rings. The molecule has 0 aliphatic carbocycles. The van der Waals surface area contributed by atoms with E-state index >= 15 is 0 Å². The molecule has 2 heterocycles. The number of thiazole rings is 1. The topological polar surface area (TPSA) is 50.7 Å². The standard InChI is InChI=1S/C8H7F3N4S2/c1-2-12-6-5(14-17-15-6)4-3-13-7(16-4)8(9,10)11/h3H,2H2,1H3,(H,12,15). The van der Waals surface area contributed by atoms with Crippen molar-refractivity contribution in [1.29, 1.82) is 0 Å². The van der Waals surface area contributed by atoms with Crippen LogP contribution in [-0.2, 0) is 6.18 Å². The Morgan fingerprint density at radius 2 is 2.12 bits per heavy atom. The van der Waals surface area contributed by atoms with Crippen LogP contribution in [0, 0.1) is 0 Å². The SMILES string of the molecule is CCNc1nsnc1-c1cnc(C(F)(F)F)s1. The van der Waals surface area contributed by atoms with Crippen molar-refractivity contribution in [3.63, 3.8) is 0 Å². The lowest BCUT2D eigenvalue weighted by Crippen LogP contribution is -2.02. The van der Waals surface area contributed by atoms with E-state index in [4.69, 9.17) is 0 Å². The Labute approximate surface area is 103 Å². The van der Waals surface area contributed by atoms with Crippen LogP contribution in [-0.4, -0.2) is 20.3 Å². The van der Waals surface area contributed by atoms with Crippen molar-refractivity contribution < 1.29 is 13.2 Å². The molecule has 92 valence electrons. The molecule has 0 aliphatic heterocycles. The van der Waals surface area contributed by atoms with E-state index in [0.29, 0.717) is 34.3 Å². The number of hydrogen-bond donors (Lipinski definition) is 1. The molecule has 1 N–H and O–H groups in total. The van der Waals surface area contributed by atoms with Gasteiger partial charge in [0.05, 0.1) is 16.6 Å². The van der Waals surface area contributed by atoms with E-state index in [9.17, 15) is 13.2 Å². The largest absolute Gasteiger partial charge is 0.443 e. The van der Waals surface area contributed by atoms with Crippen LogP contribution >= 0.6 is 23.1 Å². The maximum absolute atomic E-state index is 12.4. The van der Waals surface area contributed by atoms with Crippen molar-refractivity contribution in [3.05, 3.63) is 11.2 Å². The second-order valence-electron chi connectivity index (χ2n) is 3.02. The predicted octanol–water partition coefficient (Wildman–Crippen LogP) is 3.11. The minimum absolute atomic E-state index is 0.363. The third-order valence-corrected chi connectivity index (χ3v) is 3.39. The highest BCUT2D eigenvalue weighted by Gasteiger charge is 2.35. The van der Waals surface area contributed by atoms with Gasteiger partial charge < -0.3 is 5.32 Å². The zero-order valence-corrected chi connectivity index (χ0v) is 10.2. The van der Waals surface area contributed by atoms with Gasteiger partial charge in [-0.1, -0.05) is 0 Å². The van der Waals surface area contributed by atoms with E-state index < -0.39 is 11.2 Å². The molecule has 2 aromatic rings. The fourth-order valence-corrected chi connectivity index (χ4v) is 2.52. The lowest BCUT2D eigenvalue weighted by Gasteiger charge is -2.00. The van der Waals surface area contributed by atoms with Gasteiger partial charge in [0.15, 0.2) is 10.8 Å². The fourth-order valence-electron chi connectivity index (χ4n) is 1.15. The molecular formula is C8H7F3N4S2. The van der Waals surface area contributed by atoms with Crippen LogP contribution in [0.4, 0.5) is 19.0 Å². The Balaban J connectivity index is 2.34. The minimum atomic E-state index is -4.41. The van der Waals surface area contributed by atoms with Crippen LogP contribution in [0.15, 0.2) is 6.20 Å². The lowest BCUT2D eigenvalue weighted by atomic mass is 10.4. The third kappa shape index (κ3) is 2.55. The summed E-state index contributed by atoms with van der Waals surface area (Å²) < 4.78 is 45.1. The molecule has 0 radical (unpaired) electrons. The Bertz CT molecular complexity index is 505. The summed E-state index contributed by atoms with van der Waals surface area (Å²) in [6, 6.07) is 0. The number of alkyl halides is 3. The number of nitrogens with zero attached hydrogens (tertiary/aromatic N) is 3. The van der Waals surface area contributed by atoms with E-state index in [-0.39, 0.29) is 0 Å². The molecule has 2 rings (SSSR count). The summed E-state index contributed by atoms with van der Waals surface area (Å²) >= 11 is 1.52. The summed E-state index contributed by atoms with van der Waals surface area (Å²) in [6.45, 7) is 2.50. The minimum Gasteiger partial charge on any atom is -0.368 e. The van der Waals surface area contributed by atoms with Gasteiger partial charge in [-0.05, 0) is 6.92 Å². The second-order valence-corrected chi connectivity index (χ2v) is 4.58. The van der Waals surface area contributed by atoms with Crippen LogP contribution in [0.1, 0.15) is 11.9 Å². The number of hydrogen-bond acceptors (Lipinski definition) is 6. The summed E-state index contributed by atoms with van der Waals surface area (Å²) in [5.74, 6) is 0.495. The Morgan fingerprint density at radius 1 is 1.35 bits per heavy atom. The van der Waals surface area contributed by atoms with Gasteiger partial charge in [0, 0.05) is 12.7 Å². The maximum Gasteiger partial charge on any atom is 0.443 e. The van der Waals surface area contributed by atoms with Gasteiger partial charge in [0.2, 0.25) is 0 Å². The summed E-state index contributed by atoms with van der Waals surface area (Å²) in [5.41, 5.74) is 0.421. The molecule has 2 aromatic heterocycles. The maximum atomic E-state index is 12.4. The number of nitrogens with one attached hydrogen (secondary N) is 1. The number of halogens is 3. The van der Waals surface area contributed by atoms with Gasteiger partial charge >= 0.3 is 6.18 Å². The van der Waals surface area contributed by atoms with Crippen molar-refractivity contribution >= 4 is 28.9 Å². The monoisotopic (exact) mass is 280 g/mol. The quantitative estimate of drug-likeness (QED) is 0.938. The van der Waals surface area contributed by atoms with Gasteiger partial charge in [-0.15, -0.1) is 11.3 Å². The van der Waals surface area contributed by atoms with Crippen molar-refractivity contribution in [3.8, 4) is 10.6 Å². The molecule has 0 saturated carbocycles. The first-order valence-corrected chi connectivity index (χ1v) is 6.17. The number of anilines is 1. The molecule has 4 nitrogen and oxygen atoms in total. The molecule has 0 spiro atoms. The Hall–Kier alpha value is -1.22. The van der Waals surface area contributed by atoms with Crippen molar-refractivity contribution in [2.24, 2.45) is 0 Å². The van der Waals surface area contributed by atoms with Crippen molar-refractivity contribution in [2.75, 3.05) is 11.9 Å². The molecular weight excluding hydrogens is 273 g/mol. The molecule has 0 saturated heterocycles. The predicted molar refractivity (Wildman–Crippen MR) is 60.2 cm³/mol. The van der Waals surface area contributed by atoms with Crippen LogP contribution in [0.3, 0.4) is 0 Å². The molecule has 0 fully saturated rings. The molecule has 9 heteroatoms. The number of aromatic nitrogens is 3.